The van der Waals surface area contributed by atoms with Crippen molar-refractivity contribution in [2.45, 2.75) is 18.2 Å². The zero-order valence-electron chi connectivity index (χ0n) is 10.5. The molecule has 5 nitrogen and oxygen atoms in total. The smallest absolute Gasteiger partial charge is 0.230 e. The Morgan fingerprint density at radius 1 is 1.60 bits per heavy atom. The Kier molecular flexibility index (Phi) is 2.38. The molecule has 104 valence electrons. The van der Waals surface area contributed by atoms with E-state index in [1.807, 2.05) is 23.6 Å². The number of likely N-dealkylation sites (tertiary alicyclic amines) is 1. The van der Waals surface area contributed by atoms with E-state index < -0.39 is 29.5 Å². The molecule has 20 heavy (non-hydrogen) atoms. The average Bonchev–Trinajstić information content (AvgIpc) is 3.12. The summed E-state index contributed by atoms with van der Waals surface area (Å²) in [5.41, 5.74) is -0.760. The topological polar surface area (TPSA) is 69.7 Å². The number of carbonyl (C=O) groups is 2. The molecule has 4 atom stereocenters. The zero-order chi connectivity index (χ0) is 13.9. The summed E-state index contributed by atoms with van der Waals surface area (Å²) in [4.78, 5) is 26.6. The van der Waals surface area contributed by atoms with Gasteiger partial charge in [0.05, 0.1) is 25.1 Å². The van der Waals surface area contributed by atoms with Gasteiger partial charge in [0.25, 0.3) is 0 Å². The van der Waals surface area contributed by atoms with E-state index in [9.17, 15) is 14.7 Å². The van der Waals surface area contributed by atoms with Gasteiger partial charge >= 0.3 is 0 Å². The van der Waals surface area contributed by atoms with Crippen molar-refractivity contribution in [3.05, 3.63) is 34.5 Å². The summed E-state index contributed by atoms with van der Waals surface area (Å²) >= 11 is 1.58. The van der Waals surface area contributed by atoms with Gasteiger partial charge in [-0.15, -0.1) is 11.3 Å². The third-order valence-electron chi connectivity index (χ3n) is 4.38. The van der Waals surface area contributed by atoms with Gasteiger partial charge in [0.15, 0.2) is 0 Å². The first-order valence-corrected chi connectivity index (χ1v) is 7.38. The second-order valence-corrected chi connectivity index (χ2v) is 6.52. The summed E-state index contributed by atoms with van der Waals surface area (Å²) < 4.78 is 5.79. The third kappa shape index (κ3) is 1.46. The first kappa shape index (κ1) is 12.1. The number of carboxylic acids is 1. The normalized spacial score (nSPS) is 37.7. The molecular formula is C14H12NO4S-. The van der Waals surface area contributed by atoms with Crippen LogP contribution < -0.4 is 5.11 Å². The van der Waals surface area contributed by atoms with Crippen LogP contribution in [0.1, 0.15) is 4.88 Å². The van der Waals surface area contributed by atoms with Crippen molar-refractivity contribution in [2.75, 3.05) is 6.54 Å². The first-order valence-electron chi connectivity index (χ1n) is 6.50. The number of ether oxygens (including phenoxy) is 1. The van der Waals surface area contributed by atoms with Crippen LogP contribution >= 0.6 is 11.3 Å². The van der Waals surface area contributed by atoms with Gasteiger partial charge in [0.1, 0.15) is 5.60 Å². The lowest BCUT2D eigenvalue weighted by Gasteiger charge is -2.24. The molecule has 2 fully saturated rings. The highest BCUT2D eigenvalue weighted by atomic mass is 32.1. The molecule has 0 saturated carbocycles. The number of thiophene rings is 1. The van der Waals surface area contributed by atoms with Crippen LogP contribution in [0.25, 0.3) is 0 Å². The monoisotopic (exact) mass is 290 g/mol. The lowest BCUT2D eigenvalue weighted by molar-refractivity contribution is -0.313. The average molecular weight is 290 g/mol. The number of rotatable bonds is 3. The van der Waals surface area contributed by atoms with E-state index in [0.29, 0.717) is 13.1 Å². The minimum atomic E-state index is -1.20. The molecule has 0 radical (unpaired) electrons. The van der Waals surface area contributed by atoms with E-state index in [4.69, 9.17) is 4.74 Å². The number of amides is 1. The van der Waals surface area contributed by atoms with Gasteiger partial charge < -0.3 is 19.5 Å². The molecule has 3 aliphatic rings. The van der Waals surface area contributed by atoms with Crippen LogP contribution in [0.4, 0.5) is 0 Å². The fourth-order valence-corrected chi connectivity index (χ4v) is 4.29. The SMILES string of the molecule is O=C([O-])[C@@H]1[C@@H]2C=C[C@]3(CN(Cc4cccs4)C(=O)[C@H]13)O2. The number of nitrogens with zero attached hydrogens (tertiary/aromatic N) is 1. The number of aliphatic carboxylic acids is 1. The number of hydrogen-bond acceptors (Lipinski definition) is 5. The highest BCUT2D eigenvalue weighted by Gasteiger charge is 2.65. The van der Waals surface area contributed by atoms with E-state index in [2.05, 4.69) is 0 Å². The molecule has 0 aliphatic carbocycles. The molecule has 4 rings (SSSR count). The zero-order valence-corrected chi connectivity index (χ0v) is 11.3. The van der Waals surface area contributed by atoms with Gasteiger partial charge in [0.2, 0.25) is 5.91 Å². The predicted molar refractivity (Wildman–Crippen MR) is 68.5 cm³/mol. The number of fused-ring (bicyclic) bond motifs is 1. The lowest BCUT2D eigenvalue weighted by Crippen LogP contribution is -2.45. The van der Waals surface area contributed by atoms with Gasteiger partial charge in [-0.05, 0) is 11.4 Å². The minimum absolute atomic E-state index is 0.139. The van der Waals surface area contributed by atoms with Crippen molar-refractivity contribution in [1.82, 2.24) is 4.90 Å². The maximum Gasteiger partial charge on any atom is 0.230 e. The number of carboxylic acid groups (broad SMARTS) is 1. The standard InChI is InChI=1S/C14H13NO4S/c16-12-11-10(13(17)18)9-3-4-14(11,19-9)7-15(12)6-8-2-1-5-20-8/h1-5,9-11H,6-7H2,(H,17,18)/p-1/t9-,10+,11-,14+/m0/s1. The van der Waals surface area contributed by atoms with Crippen LogP contribution in [0.15, 0.2) is 29.7 Å². The van der Waals surface area contributed by atoms with E-state index in [-0.39, 0.29) is 5.91 Å². The van der Waals surface area contributed by atoms with Crippen molar-refractivity contribution >= 4 is 23.2 Å². The van der Waals surface area contributed by atoms with Crippen molar-refractivity contribution in [1.29, 1.82) is 0 Å². The fourth-order valence-electron chi connectivity index (χ4n) is 3.57. The Labute approximate surface area is 119 Å². The summed E-state index contributed by atoms with van der Waals surface area (Å²) in [5, 5.41) is 13.3. The van der Waals surface area contributed by atoms with Crippen LogP contribution in [-0.4, -0.2) is 35.0 Å². The second-order valence-electron chi connectivity index (χ2n) is 5.49. The fraction of sp³-hybridized carbons (Fsp3) is 0.429. The molecule has 2 saturated heterocycles. The highest BCUT2D eigenvalue weighted by Crippen LogP contribution is 2.51. The quantitative estimate of drug-likeness (QED) is 0.722. The Morgan fingerprint density at radius 3 is 3.15 bits per heavy atom. The number of hydrogen-bond donors (Lipinski definition) is 0. The molecule has 3 aliphatic heterocycles. The molecule has 1 spiro atoms. The number of carbonyl (C=O) groups excluding carboxylic acids is 2. The van der Waals surface area contributed by atoms with E-state index in [0.717, 1.165) is 4.88 Å². The van der Waals surface area contributed by atoms with Gasteiger partial charge in [-0.25, -0.2) is 0 Å². The van der Waals surface area contributed by atoms with Crippen LogP contribution in [0.3, 0.4) is 0 Å². The molecule has 0 N–H and O–H groups in total. The molecule has 2 bridgehead atoms. The summed E-state index contributed by atoms with van der Waals surface area (Å²) in [6.07, 6.45) is 3.09. The van der Waals surface area contributed by atoms with Crippen molar-refractivity contribution < 1.29 is 19.4 Å². The maximum absolute atomic E-state index is 12.5. The lowest BCUT2D eigenvalue weighted by atomic mass is 9.77. The Balaban J connectivity index is 1.65. The van der Waals surface area contributed by atoms with E-state index in [1.54, 1.807) is 22.3 Å². The van der Waals surface area contributed by atoms with Crippen molar-refractivity contribution in [2.24, 2.45) is 11.8 Å². The van der Waals surface area contributed by atoms with Crippen LogP contribution in [0.5, 0.6) is 0 Å². The Bertz CT molecular complexity index is 611. The van der Waals surface area contributed by atoms with Gasteiger partial charge in [-0.2, -0.15) is 0 Å². The molecule has 1 aromatic heterocycles. The molecule has 4 heterocycles. The first-order chi connectivity index (χ1) is 9.61. The van der Waals surface area contributed by atoms with Gasteiger partial charge in [-0.3, -0.25) is 4.79 Å². The van der Waals surface area contributed by atoms with Crippen molar-refractivity contribution in [3.63, 3.8) is 0 Å². The summed E-state index contributed by atoms with van der Waals surface area (Å²) in [7, 11) is 0. The van der Waals surface area contributed by atoms with Gasteiger partial charge in [-0.1, -0.05) is 18.2 Å². The van der Waals surface area contributed by atoms with Crippen LogP contribution in [-0.2, 0) is 20.9 Å². The molecular weight excluding hydrogens is 278 g/mol. The molecule has 6 heteroatoms. The van der Waals surface area contributed by atoms with Crippen LogP contribution in [0, 0.1) is 11.8 Å². The van der Waals surface area contributed by atoms with Crippen LogP contribution in [0.2, 0.25) is 0 Å². The van der Waals surface area contributed by atoms with E-state index >= 15 is 0 Å². The Morgan fingerprint density at radius 2 is 2.45 bits per heavy atom. The summed E-state index contributed by atoms with van der Waals surface area (Å²) in [5.74, 6) is -2.83. The Hall–Kier alpha value is -1.66. The molecule has 0 aromatic carbocycles. The highest BCUT2D eigenvalue weighted by molar-refractivity contribution is 7.09. The van der Waals surface area contributed by atoms with Crippen molar-refractivity contribution in [3.8, 4) is 0 Å². The second kappa shape index (κ2) is 3.93. The van der Waals surface area contributed by atoms with E-state index in [1.165, 1.54) is 0 Å². The minimum Gasteiger partial charge on any atom is -0.550 e. The summed E-state index contributed by atoms with van der Waals surface area (Å²) in [6.45, 7) is 0.932. The molecule has 1 aromatic rings. The largest absolute Gasteiger partial charge is 0.550 e. The van der Waals surface area contributed by atoms with Gasteiger partial charge in [0, 0.05) is 16.8 Å². The third-order valence-corrected chi connectivity index (χ3v) is 5.24. The molecule has 0 unspecified atom stereocenters. The summed E-state index contributed by atoms with van der Waals surface area (Å²) in [6, 6.07) is 3.90. The predicted octanol–water partition coefficient (Wildman–Crippen LogP) is -0.220. The molecule has 1 amide bonds. The maximum atomic E-state index is 12.5.